The summed E-state index contributed by atoms with van der Waals surface area (Å²) in [7, 11) is 0. The molecule has 1 aliphatic heterocycles. The third-order valence-corrected chi connectivity index (χ3v) is 8.57. The molecule has 38 heavy (non-hydrogen) atoms. The summed E-state index contributed by atoms with van der Waals surface area (Å²) >= 11 is 6.67. The molecule has 3 nitrogen and oxygen atoms in total. The average Bonchev–Trinajstić information content (AvgIpc) is 3.21. The Morgan fingerprint density at radius 1 is 1.03 bits per heavy atom. The predicted octanol–water partition coefficient (Wildman–Crippen LogP) is 9.19. The van der Waals surface area contributed by atoms with Crippen molar-refractivity contribution in [3.8, 4) is 22.9 Å². The highest BCUT2D eigenvalue weighted by Gasteiger charge is 2.44. The number of ether oxygens (including phenoxy) is 1. The molecule has 0 amide bonds. The summed E-state index contributed by atoms with van der Waals surface area (Å²) in [4.78, 5) is 2.35. The molecule has 0 saturated heterocycles. The molecule has 5 rings (SSSR count). The predicted molar refractivity (Wildman–Crippen MR) is 149 cm³/mol. The maximum Gasteiger partial charge on any atom is 0.174 e. The quantitative estimate of drug-likeness (QED) is 0.316. The minimum absolute atomic E-state index is 0.0135. The monoisotopic (exact) mass is 534 g/mol. The Morgan fingerprint density at radius 2 is 1.74 bits per heavy atom. The number of nitrogens with zero attached hydrogens (tertiary/aromatic N) is 2. The van der Waals surface area contributed by atoms with Crippen LogP contribution in [0.3, 0.4) is 0 Å². The number of hydrogen-bond acceptors (Lipinski definition) is 3. The molecular formula is C32H33ClF2N2O. The van der Waals surface area contributed by atoms with Gasteiger partial charge in [0, 0.05) is 28.8 Å². The van der Waals surface area contributed by atoms with Crippen molar-refractivity contribution in [1.29, 1.82) is 5.26 Å². The van der Waals surface area contributed by atoms with Crippen molar-refractivity contribution in [2.45, 2.75) is 70.9 Å². The van der Waals surface area contributed by atoms with Gasteiger partial charge in [0.05, 0.1) is 29.3 Å². The highest BCUT2D eigenvalue weighted by molar-refractivity contribution is 6.34. The third-order valence-electron chi connectivity index (χ3n) is 8.20. The summed E-state index contributed by atoms with van der Waals surface area (Å²) in [6.45, 7) is 6.65. The molecule has 3 aromatic carbocycles. The number of fused-ring (bicyclic) bond motifs is 1. The van der Waals surface area contributed by atoms with E-state index in [1.807, 2.05) is 25.1 Å². The molecule has 1 saturated carbocycles. The minimum Gasteiger partial charge on any atom is -0.491 e. The van der Waals surface area contributed by atoms with Crippen LogP contribution in [-0.4, -0.2) is 12.6 Å². The van der Waals surface area contributed by atoms with Crippen LogP contribution in [0.5, 0.6) is 5.75 Å². The Kier molecular flexibility index (Phi) is 7.63. The van der Waals surface area contributed by atoms with Crippen LogP contribution >= 0.6 is 11.6 Å². The van der Waals surface area contributed by atoms with E-state index < -0.39 is 11.6 Å². The molecular weight excluding hydrogens is 502 g/mol. The van der Waals surface area contributed by atoms with E-state index in [0.29, 0.717) is 18.9 Å². The molecule has 2 aliphatic rings. The summed E-state index contributed by atoms with van der Waals surface area (Å²) in [6.07, 6.45) is 4.94. The fourth-order valence-corrected chi connectivity index (χ4v) is 6.61. The molecule has 3 aromatic rings. The van der Waals surface area contributed by atoms with E-state index in [4.69, 9.17) is 16.3 Å². The third kappa shape index (κ3) is 4.54. The standard InChI is InChI=1S/C32H33ClF2N2O/c1-4-16-38-26-15-12-22(18-36)28(31(26)35)29-27-20(3)32(21-8-6-5-7-9-21)37(23-13-10-19(2)11-14-23)25(27)17-24(34)30(29)33/h5-9,12,15,17,19-20,23,32H,4,10-11,13-14,16H2,1-3H3/t19?,20-,23?,32?/m0/s1. The van der Waals surface area contributed by atoms with Crippen LogP contribution in [0.25, 0.3) is 11.1 Å². The van der Waals surface area contributed by atoms with Gasteiger partial charge >= 0.3 is 0 Å². The smallest absolute Gasteiger partial charge is 0.174 e. The first-order valence-corrected chi connectivity index (χ1v) is 14.0. The number of rotatable bonds is 6. The van der Waals surface area contributed by atoms with E-state index in [0.717, 1.165) is 42.5 Å². The zero-order valence-electron chi connectivity index (χ0n) is 22.1. The Morgan fingerprint density at radius 3 is 2.39 bits per heavy atom. The van der Waals surface area contributed by atoms with Crippen molar-refractivity contribution >= 4 is 17.3 Å². The Bertz CT molecular complexity index is 1360. The maximum atomic E-state index is 16.1. The summed E-state index contributed by atoms with van der Waals surface area (Å²) in [5.41, 5.74) is 3.03. The molecule has 0 aromatic heterocycles. The van der Waals surface area contributed by atoms with Crippen molar-refractivity contribution in [3.05, 3.63) is 81.9 Å². The van der Waals surface area contributed by atoms with Crippen molar-refractivity contribution in [1.82, 2.24) is 0 Å². The number of anilines is 1. The lowest BCUT2D eigenvalue weighted by atomic mass is 9.84. The first-order valence-electron chi connectivity index (χ1n) is 13.6. The molecule has 0 spiro atoms. The highest BCUT2D eigenvalue weighted by Crippen LogP contribution is 2.57. The second-order valence-corrected chi connectivity index (χ2v) is 11.1. The van der Waals surface area contributed by atoms with E-state index in [-0.39, 0.29) is 45.5 Å². The molecule has 0 bridgehead atoms. The van der Waals surface area contributed by atoms with Gasteiger partial charge in [-0.25, -0.2) is 8.78 Å². The van der Waals surface area contributed by atoms with Crippen LogP contribution in [0.4, 0.5) is 14.5 Å². The highest BCUT2D eigenvalue weighted by atomic mass is 35.5. The Hall–Kier alpha value is -3.10. The van der Waals surface area contributed by atoms with Crippen LogP contribution in [0, 0.1) is 28.9 Å². The zero-order chi connectivity index (χ0) is 27.0. The molecule has 0 radical (unpaired) electrons. The van der Waals surface area contributed by atoms with Crippen LogP contribution in [-0.2, 0) is 0 Å². The maximum absolute atomic E-state index is 16.1. The van der Waals surface area contributed by atoms with Gasteiger partial charge in [-0.15, -0.1) is 0 Å². The van der Waals surface area contributed by atoms with Gasteiger partial charge in [-0.05, 0) is 67.3 Å². The fraction of sp³-hybridized carbons (Fsp3) is 0.406. The molecule has 198 valence electrons. The lowest BCUT2D eigenvalue weighted by Crippen LogP contribution is -2.39. The lowest BCUT2D eigenvalue weighted by Gasteiger charge is -2.40. The molecule has 6 heteroatoms. The van der Waals surface area contributed by atoms with Crippen LogP contribution in [0.2, 0.25) is 5.02 Å². The zero-order valence-corrected chi connectivity index (χ0v) is 22.9. The Labute approximate surface area is 229 Å². The first-order chi connectivity index (χ1) is 18.4. The molecule has 1 unspecified atom stereocenters. The number of halogens is 3. The van der Waals surface area contributed by atoms with Crippen LogP contribution in [0.15, 0.2) is 48.5 Å². The van der Waals surface area contributed by atoms with Gasteiger partial charge in [-0.3, -0.25) is 0 Å². The summed E-state index contributed by atoms with van der Waals surface area (Å²) < 4.78 is 37.4. The number of nitriles is 1. The van der Waals surface area contributed by atoms with Crippen LogP contribution in [0.1, 0.15) is 81.5 Å². The van der Waals surface area contributed by atoms with E-state index in [1.165, 1.54) is 18.2 Å². The number of hydrogen-bond donors (Lipinski definition) is 0. The summed E-state index contributed by atoms with van der Waals surface area (Å²) in [5.74, 6) is -0.708. The summed E-state index contributed by atoms with van der Waals surface area (Å²) in [6, 6.07) is 17.0. The molecule has 0 N–H and O–H groups in total. The van der Waals surface area contributed by atoms with E-state index in [2.05, 4.69) is 36.9 Å². The van der Waals surface area contributed by atoms with Gasteiger partial charge in [0.25, 0.3) is 0 Å². The molecule has 1 heterocycles. The van der Waals surface area contributed by atoms with Crippen molar-refractivity contribution < 1.29 is 13.5 Å². The molecule has 2 atom stereocenters. The van der Waals surface area contributed by atoms with E-state index in [1.54, 1.807) is 0 Å². The fourth-order valence-electron chi connectivity index (χ4n) is 6.36. The SMILES string of the molecule is CCCOc1ccc(C#N)c(-c2c(Cl)c(F)cc3c2[C@H](C)C(c2ccccc2)N3C2CCC(C)CC2)c1F. The normalized spacial score (nSPS) is 22.7. The number of benzene rings is 3. The van der Waals surface area contributed by atoms with E-state index >= 15 is 8.78 Å². The first kappa shape index (κ1) is 26.5. The minimum atomic E-state index is -0.680. The molecule has 1 fully saturated rings. The average molecular weight is 535 g/mol. The van der Waals surface area contributed by atoms with Crippen molar-refractivity contribution in [3.63, 3.8) is 0 Å². The van der Waals surface area contributed by atoms with Gasteiger partial charge in [0.15, 0.2) is 11.6 Å². The van der Waals surface area contributed by atoms with Crippen molar-refractivity contribution in [2.75, 3.05) is 11.5 Å². The Balaban J connectivity index is 1.76. The van der Waals surface area contributed by atoms with Gasteiger partial charge in [-0.1, -0.05) is 62.7 Å². The second kappa shape index (κ2) is 10.9. The van der Waals surface area contributed by atoms with Crippen LogP contribution < -0.4 is 9.64 Å². The topological polar surface area (TPSA) is 36.3 Å². The van der Waals surface area contributed by atoms with Gasteiger partial charge in [0.1, 0.15) is 5.82 Å². The summed E-state index contributed by atoms with van der Waals surface area (Å²) in [5, 5.41) is 9.79. The van der Waals surface area contributed by atoms with Gasteiger partial charge in [-0.2, -0.15) is 5.26 Å². The second-order valence-electron chi connectivity index (χ2n) is 10.7. The van der Waals surface area contributed by atoms with Gasteiger partial charge in [0.2, 0.25) is 0 Å². The lowest BCUT2D eigenvalue weighted by molar-refractivity contribution is 0.301. The largest absolute Gasteiger partial charge is 0.491 e. The van der Waals surface area contributed by atoms with Gasteiger partial charge < -0.3 is 9.64 Å². The van der Waals surface area contributed by atoms with E-state index in [9.17, 15) is 5.26 Å². The van der Waals surface area contributed by atoms with Crippen molar-refractivity contribution in [2.24, 2.45) is 5.92 Å². The molecule has 1 aliphatic carbocycles.